The number of hydrogen-bond donors (Lipinski definition) is 0. The van der Waals surface area contributed by atoms with Crippen molar-refractivity contribution in [3.63, 3.8) is 0 Å². The van der Waals surface area contributed by atoms with Gasteiger partial charge in [-0.1, -0.05) is 135 Å². The van der Waals surface area contributed by atoms with Gasteiger partial charge in [0, 0.05) is 47.3 Å². The minimum absolute atomic E-state index is 0.442. The first-order valence-corrected chi connectivity index (χ1v) is 19.9. The molecule has 0 spiro atoms. The van der Waals surface area contributed by atoms with Crippen LogP contribution in [0.4, 0.5) is 0 Å². The highest BCUT2D eigenvalue weighted by Gasteiger charge is 2.25. The summed E-state index contributed by atoms with van der Waals surface area (Å²) in [4.78, 5) is 11.3. The van der Waals surface area contributed by atoms with Crippen LogP contribution in [0.2, 0.25) is 0 Å². The normalized spacial score (nSPS) is 16.8. The van der Waals surface area contributed by atoms with Crippen molar-refractivity contribution in [3.05, 3.63) is 150 Å². The van der Waals surface area contributed by atoms with E-state index in [2.05, 4.69) is 158 Å². The lowest BCUT2D eigenvalue weighted by molar-refractivity contribution is 0.719. The molecule has 2 aliphatic rings. The fraction of sp³-hybridized carbons (Fsp3) is 0.120. The van der Waals surface area contributed by atoms with Crippen molar-refractivity contribution in [2.24, 2.45) is 11.8 Å². The summed E-state index contributed by atoms with van der Waals surface area (Å²) in [6.45, 7) is 4.65. The SMILES string of the molecule is CC1C=Cc2ccc3c(sc4cc5c6ccc7c(c6n(-c6nc(-c8cccc9ccccc89)c8ccc9ccccc9c8n6)c5cc43)CC(C)C=C7)c2C1. The second-order valence-corrected chi connectivity index (χ2v) is 16.6. The third-order valence-corrected chi connectivity index (χ3v) is 13.3. The smallest absolute Gasteiger partial charge is 0.235 e. The summed E-state index contributed by atoms with van der Waals surface area (Å²) in [5, 5.41) is 10.9. The summed E-state index contributed by atoms with van der Waals surface area (Å²) in [5.74, 6) is 1.70. The molecule has 12 rings (SSSR count). The van der Waals surface area contributed by atoms with E-state index in [1.165, 1.54) is 74.9 Å². The third-order valence-electron chi connectivity index (χ3n) is 12.1. The molecule has 3 nitrogen and oxygen atoms in total. The minimum atomic E-state index is 0.442. The van der Waals surface area contributed by atoms with E-state index >= 15 is 0 Å². The Labute approximate surface area is 316 Å². The molecule has 2 atom stereocenters. The third kappa shape index (κ3) is 4.29. The van der Waals surface area contributed by atoms with E-state index in [0.29, 0.717) is 17.8 Å². The van der Waals surface area contributed by atoms with Crippen LogP contribution in [0.5, 0.6) is 0 Å². The molecule has 4 heteroatoms. The van der Waals surface area contributed by atoms with E-state index in [1.807, 2.05) is 11.3 Å². The van der Waals surface area contributed by atoms with Gasteiger partial charge < -0.3 is 0 Å². The predicted molar refractivity (Wildman–Crippen MR) is 231 cm³/mol. The molecule has 3 heterocycles. The van der Waals surface area contributed by atoms with E-state index in [4.69, 9.17) is 9.97 Å². The Bertz CT molecular complexity index is 3320. The molecule has 0 amide bonds. The van der Waals surface area contributed by atoms with Crippen molar-refractivity contribution in [1.82, 2.24) is 14.5 Å². The van der Waals surface area contributed by atoms with Gasteiger partial charge in [0.05, 0.1) is 22.2 Å². The van der Waals surface area contributed by atoms with Crippen LogP contribution in [0.3, 0.4) is 0 Å². The maximum Gasteiger partial charge on any atom is 0.235 e. The van der Waals surface area contributed by atoms with Gasteiger partial charge in [0.15, 0.2) is 0 Å². The van der Waals surface area contributed by atoms with Gasteiger partial charge >= 0.3 is 0 Å². The second-order valence-electron chi connectivity index (χ2n) is 15.5. The number of hydrogen-bond acceptors (Lipinski definition) is 3. The van der Waals surface area contributed by atoms with Crippen LogP contribution >= 0.6 is 11.3 Å². The van der Waals surface area contributed by atoms with E-state index < -0.39 is 0 Å². The zero-order valence-corrected chi connectivity index (χ0v) is 30.9. The fourth-order valence-electron chi connectivity index (χ4n) is 9.44. The van der Waals surface area contributed by atoms with E-state index in [1.54, 1.807) is 0 Å². The molecule has 0 bridgehead atoms. The molecule has 54 heavy (non-hydrogen) atoms. The van der Waals surface area contributed by atoms with Gasteiger partial charge in [-0.05, 0) is 81.3 Å². The average Bonchev–Trinajstić information content (AvgIpc) is 3.74. The number of benzene rings is 7. The molecule has 10 aromatic rings. The van der Waals surface area contributed by atoms with Gasteiger partial charge in [-0.15, -0.1) is 11.3 Å². The summed E-state index contributed by atoms with van der Waals surface area (Å²) in [6.07, 6.45) is 11.4. The van der Waals surface area contributed by atoms with Crippen LogP contribution in [-0.4, -0.2) is 14.5 Å². The quantitative estimate of drug-likeness (QED) is 0.167. The Morgan fingerprint density at radius 3 is 2.09 bits per heavy atom. The zero-order valence-electron chi connectivity index (χ0n) is 30.1. The minimum Gasteiger partial charge on any atom is -0.278 e. The van der Waals surface area contributed by atoms with Crippen molar-refractivity contribution in [1.29, 1.82) is 0 Å². The van der Waals surface area contributed by atoms with Crippen LogP contribution in [0, 0.1) is 11.8 Å². The second kappa shape index (κ2) is 11.2. The van der Waals surface area contributed by atoms with E-state index in [-0.39, 0.29) is 0 Å². The molecule has 0 N–H and O–H groups in total. The van der Waals surface area contributed by atoms with E-state index in [0.717, 1.165) is 45.9 Å². The van der Waals surface area contributed by atoms with Crippen LogP contribution in [-0.2, 0) is 12.8 Å². The fourth-order valence-corrected chi connectivity index (χ4v) is 10.7. The standard InChI is InChI=1S/C50H35N3S/c1-28-14-16-32-18-21-37-42-27-45-43(38-22-19-33-17-15-29(2)25-41(33)49(38)54-45)26-44(42)53(48(37)40(32)24-28)50-51-46-35-12-6-4-9-31(35)20-23-39(46)47(52-50)36-13-7-10-30-8-3-5-11-34(30)36/h3-23,26-29H,24-25H2,1-2H3. The lowest BCUT2D eigenvalue weighted by atomic mass is 9.89. The van der Waals surface area contributed by atoms with Crippen molar-refractivity contribution < 1.29 is 0 Å². The van der Waals surface area contributed by atoms with Crippen molar-refractivity contribution in [3.8, 4) is 17.2 Å². The van der Waals surface area contributed by atoms with Crippen LogP contribution in [0.1, 0.15) is 36.1 Å². The first kappa shape index (κ1) is 30.4. The number of thiophene rings is 1. The molecule has 0 radical (unpaired) electrons. The Hall–Kier alpha value is -6.10. The Morgan fingerprint density at radius 1 is 0.574 bits per heavy atom. The average molecular weight is 710 g/mol. The van der Waals surface area contributed by atoms with Gasteiger partial charge in [0.25, 0.3) is 0 Å². The number of aromatic nitrogens is 3. The molecule has 0 saturated carbocycles. The number of fused-ring (bicyclic) bond motifs is 14. The predicted octanol–water partition coefficient (Wildman–Crippen LogP) is 13.5. The van der Waals surface area contributed by atoms with Gasteiger partial charge in [-0.3, -0.25) is 4.57 Å². The first-order chi connectivity index (χ1) is 26.6. The largest absolute Gasteiger partial charge is 0.278 e. The van der Waals surface area contributed by atoms with Crippen molar-refractivity contribution in [2.75, 3.05) is 0 Å². The van der Waals surface area contributed by atoms with Crippen molar-refractivity contribution >= 4 is 97.9 Å². The lowest BCUT2D eigenvalue weighted by Crippen LogP contribution is -2.09. The lowest BCUT2D eigenvalue weighted by Gasteiger charge is -2.19. The van der Waals surface area contributed by atoms with Crippen LogP contribution in [0.25, 0.3) is 104 Å². The topological polar surface area (TPSA) is 30.7 Å². The molecule has 0 fully saturated rings. The maximum atomic E-state index is 5.66. The summed E-state index contributed by atoms with van der Waals surface area (Å²) in [5.41, 5.74) is 10.9. The van der Waals surface area contributed by atoms with Crippen molar-refractivity contribution in [2.45, 2.75) is 26.7 Å². The van der Waals surface area contributed by atoms with E-state index in [9.17, 15) is 0 Å². The molecular formula is C50H35N3S. The highest BCUT2D eigenvalue weighted by atomic mass is 32.1. The van der Waals surface area contributed by atoms with Crippen LogP contribution < -0.4 is 0 Å². The van der Waals surface area contributed by atoms with Gasteiger partial charge in [-0.25, -0.2) is 9.97 Å². The molecule has 256 valence electrons. The molecule has 2 aliphatic carbocycles. The number of rotatable bonds is 2. The zero-order chi connectivity index (χ0) is 35.7. The highest BCUT2D eigenvalue weighted by molar-refractivity contribution is 7.26. The molecule has 2 unspecified atom stereocenters. The van der Waals surface area contributed by atoms with Crippen LogP contribution in [0.15, 0.2) is 127 Å². The Morgan fingerprint density at radius 2 is 1.26 bits per heavy atom. The summed E-state index contributed by atoms with van der Waals surface area (Å²) in [7, 11) is 0. The molecule has 0 saturated heterocycles. The summed E-state index contributed by atoms with van der Waals surface area (Å²) >= 11 is 1.95. The Kier molecular flexibility index (Phi) is 6.30. The molecular weight excluding hydrogens is 675 g/mol. The molecule has 7 aromatic carbocycles. The highest BCUT2D eigenvalue weighted by Crippen LogP contribution is 2.46. The van der Waals surface area contributed by atoms with Gasteiger partial charge in [-0.2, -0.15) is 0 Å². The molecule has 3 aromatic heterocycles. The maximum absolute atomic E-state index is 5.66. The monoisotopic (exact) mass is 709 g/mol. The summed E-state index contributed by atoms with van der Waals surface area (Å²) in [6, 6.07) is 42.5. The van der Waals surface area contributed by atoms with Gasteiger partial charge in [0.1, 0.15) is 0 Å². The Balaban J connectivity index is 1.25. The molecule has 0 aliphatic heterocycles. The number of nitrogens with zero attached hydrogens (tertiary/aromatic N) is 3. The summed E-state index contributed by atoms with van der Waals surface area (Å²) < 4.78 is 5.17. The first-order valence-electron chi connectivity index (χ1n) is 19.1. The number of allylic oxidation sites excluding steroid dienone is 2. The van der Waals surface area contributed by atoms with Gasteiger partial charge in [0.2, 0.25) is 5.95 Å².